The lowest BCUT2D eigenvalue weighted by molar-refractivity contribution is -0.141. The van der Waals surface area contributed by atoms with Crippen LogP contribution < -0.4 is 10.1 Å². The number of carbonyl (C=O) groups excluding carboxylic acids is 1. The summed E-state index contributed by atoms with van der Waals surface area (Å²) in [6.07, 6.45) is 2.98. The molecule has 2 aromatic rings. The Morgan fingerprint density at radius 2 is 2.28 bits per heavy atom. The molecule has 1 N–H and O–H groups in total. The van der Waals surface area contributed by atoms with Crippen molar-refractivity contribution in [2.75, 3.05) is 19.6 Å². The van der Waals surface area contributed by atoms with Gasteiger partial charge in [-0.1, -0.05) is 17.7 Å². The van der Waals surface area contributed by atoms with Crippen LogP contribution in [-0.2, 0) is 4.79 Å². The summed E-state index contributed by atoms with van der Waals surface area (Å²) in [5.41, 5.74) is 1.94. The molecule has 2 atom stereocenters. The van der Waals surface area contributed by atoms with Crippen molar-refractivity contribution in [3.8, 4) is 5.75 Å². The zero-order chi connectivity index (χ0) is 17.8. The number of benzene rings is 1. The van der Waals surface area contributed by atoms with Crippen LogP contribution in [0.4, 0.5) is 0 Å². The van der Waals surface area contributed by atoms with Crippen LogP contribution in [0.15, 0.2) is 42.7 Å². The standard InChI is InChI=1S/C19H22ClN3O2/c1-13-10-16(20)5-6-18(13)25-14(2)19(24)23-9-8-22-12-17(23)15-4-3-7-21-11-15/h3-7,10-11,14,17,22H,8-9,12H2,1-2H3. The van der Waals surface area contributed by atoms with Gasteiger partial charge in [-0.2, -0.15) is 0 Å². The molecule has 6 heteroatoms. The number of pyridine rings is 1. The largest absolute Gasteiger partial charge is 0.481 e. The topological polar surface area (TPSA) is 54.5 Å². The lowest BCUT2D eigenvalue weighted by atomic mass is 10.0. The van der Waals surface area contributed by atoms with Crippen molar-refractivity contribution in [1.82, 2.24) is 15.2 Å². The third-order valence-corrected chi connectivity index (χ3v) is 4.62. The van der Waals surface area contributed by atoms with E-state index in [1.54, 1.807) is 25.3 Å². The summed E-state index contributed by atoms with van der Waals surface area (Å²) in [7, 11) is 0. The van der Waals surface area contributed by atoms with E-state index in [1.807, 2.05) is 36.2 Å². The Balaban J connectivity index is 1.75. The van der Waals surface area contributed by atoms with Crippen LogP contribution in [0.25, 0.3) is 0 Å². The second kappa shape index (κ2) is 7.85. The second-order valence-electron chi connectivity index (χ2n) is 6.21. The molecule has 3 rings (SSSR count). The number of aryl methyl sites for hydroxylation is 1. The fourth-order valence-electron chi connectivity index (χ4n) is 3.06. The molecule has 1 aliphatic heterocycles. The van der Waals surface area contributed by atoms with Crippen LogP contribution in [-0.4, -0.2) is 41.5 Å². The zero-order valence-corrected chi connectivity index (χ0v) is 15.2. The number of piperazine rings is 1. The van der Waals surface area contributed by atoms with Gasteiger partial charge in [0.1, 0.15) is 5.75 Å². The SMILES string of the molecule is Cc1cc(Cl)ccc1OC(C)C(=O)N1CCNCC1c1cccnc1. The zero-order valence-electron chi connectivity index (χ0n) is 14.4. The predicted molar refractivity (Wildman–Crippen MR) is 97.8 cm³/mol. The second-order valence-corrected chi connectivity index (χ2v) is 6.64. The van der Waals surface area contributed by atoms with Crippen molar-refractivity contribution in [1.29, 1.82) is 0 Å². The summed E-state index contributed by atoms with van der Waals surface area (Å²) < 4.78 is 5.91. The number of aromatic nitrogens is 1. The van der Waals surface area contributed by atoms with Crippen molar-refractivity contribution in [3.63, 3.8) is 0 Å². The Kier molecular flexibility index (Phi) is 5.56. The highest BCUT2D eigenvalue weighted by Crippen LogP contribution is 2.26. The number of amides is 1. The fourth-order valence-corrected chi connectivity index (χ4v) is 3.29. The average molecular weight is 360 g/mol. The van der Waals surface area contributed by atoms with Gasteiger partial charge in [-0.05, 0) is 49.2 Å². The minimum atomic E-state index is -0.572. The molecule has 1 aromatic carbocycles. The molecule has 0 radical (unpaired) electrons. The molecular weight excluding hydrogens is 338 g/mol. The molecule has 1 fully saturated rings. The van der Waals surface area contributed by atoms with Crippen LogP contribution in [0.3, 0.4) is 0 Å². The fraction of sp³-hybridized carbons (Fsp3) is 0.368. The first kappa shape index (κ1) is 17.7. The summed E-state index contributed by atoms with van der Waals surface area (Å²) in [6.45, 7) is 5.84. The minimum Gasteiger partial charge on any atom is -0.481 e. The number of ether oxygens (including phenoxy) is 1. The van der Waals surface area contributed by atoms with E-state index in [-0.39, 0.29) is 11.9 Å². The van der Waals surface area contributed by atoms with Crippen LogP contribution in [0.2, 0.25) is 5.02 Å². The van der Waals surface area contributed by atoms with E-state index in [4.69, 9.17) is 16.3 Å². The third kappa shape index (κ3) is 4.11. The van der Waals surface area contributed by atoms with E-state index in [2.05, 4.69) is 10.3 Å². The van der Waals surface area contributed by atoms with Crippen LogP contribution in [0.5, 0.6) is 5.75 Å². The molecule has 0 spiro atoms. The number of hydrogen-bond donors (Lipinski definition) is 1. The highest BCUT2D eigenvalue weighted by Gasteiger charge is 2.31. The minimum absolute atomic E-state index is 0.0234. The maximum absolute atomic E-state index is 13.0. The third-order valence-electron chi connectivity index (χ3n) is 4.38. The lowest BCUT2D eigenvalue weighted by Crippen LogP contribution is -2.52. The molecule has 0 bridgehead atoms. The molecule has 0 aliphatic carbocycles. The molecule has 1 aromatic heterocycles. The summed E-state index contributed by atoms with van der Waals surface area (Å²) in [4.78, 5) is 19.0. The van der Waals surface area contributed by atoms with E-state index in [0.29, 0.717) is 23.9 Å². The molecule has 1 amide bonds. The van der Waals surface area contributed by atoms with Gasteiger partial charge in [0.15, 0.2) is 6.10 Å². The number of halogens is 1. The molecule has 0 saturated carbocycles. The van der Waals surface area contributed by atoms with E-state index < -0.39 is 6.10 Å². The van der Waals surface area contributed by atoms with Gasteiger partial charge in [-0.25, -0.2) is 0 Å². The van der Waals surface area contributed by atoms with Gasteiger partial charge >= 0.3 is 0 Å². The van der Waals surface area contributed by atoms with Gasteiger partial charge < -0.3 is 15.0 Å². The van der Waals surface area contributed by atoms with Gasteiger partial charge in [-0.3, -0.25) is 9.78 Å². The Morgan fingerprint density at radius 3 is 3.00 bits per heavy atom. The first-order chi connectivity index (χ1) is 12.1. The number of hydrogen-bond acceptors (Lipinski definition) is 4. The van der Waals surface area contributed by atoms with Gasteiger partial charge in [0.25, 0.3) is 5.91 Å². The molecule has 5 nitrogen and oxygen atoms in total. The summed E-state index contributed by atoms with van der Waals surface area (Å²) in [6, 6.07) is 9.26. The molecule has 2 heterocycles. The highest BCUT2D eigenvalue weighted by atomic mass is 35.5. The maximum atomic E-state index is 13.0. The van der Waals surface area contributed by atoms with Crippen molar-refractivity contribution in [2.24, 2.45) is 0 Å². The Labute approximate surface area is 153 Å². The van der Waals surface area contributed by atoms with Crippen molar-refractivity contribution >= 4 is 17.5 Å². The molecule has 1 aliphatic rings. The van der Waals surface area contributed by atoms with Crippen molar-refractivity contribution in [2.45, 2.75) is 26.0 Å². The number of nitrogens with one attached hydrogen (secondary N) is 1. The average Bonchev–Trinajstić information content (AvgIpc) is 2.64. The molecule has 1 saturated heterocycles. The molecule has 132 valence electrons. The summed E-state index contributed by atoms with van der Waals surface area (Å²) in [5, 5.41) is 4.00. The summed E-state index contributed by atoms with van der Waals surface area (Å²) >= 11 is 5.98. The van der Waals surface area contributed by atoms with Gasteiger partial charge in [0, 0.05) is 37.1 Å². The van der Waals surface area contributed by atoms with E-state index >= 15 is 0 Å². The monoisotopic (exact) mass is 359 g/mol. The number of rotatable bonds is 4. The quantitative estimate of drug-likeness (QED) is 0.911. The molecule has 25 heavy (non-hydrogen) atoms. The number of carbonyl (C=O) groups is 1. The maximum Gasteiger partial charge on any atom is 0.263 e. The van der Waals surface area contributed by atoms with Crippen LogP contribution in [0.1, 0.15) is 24.1 Å². The Morgan fingerprint density at radius 1 is 1.44 bits per heavy atom. The van der Waals surface area contributed by atoms with Crippen molar-refractivity contribution < 1.29 is 9.53 Å². The van der Waals surface area contributed by atoms with Crippen LogP contribution >= 0.6 is 11.6 Å². The van der Waals surface area contributed by atoms with Gasteiger partial charge in [-0.15, -0.1) is 0 Å². The highest BCUT2D eigenvalue weighted by molar-refractivity contribution is 6.30. The molecular formula is C19H22ClN3O2. The van der Waals surface area contributed by atoms with Crippen molar-refractivity contribution in [3.05, 3.63) is 58.9 Å². The van der Waals surface area contributed by atoms with E-state index in [9.17, 15) is 4.79 Å². The lowest BCUT2D eigenvalue weighted by Gasteiger charge is -2.37. The smallest absolute Gasteiger partial charge is 0.263 e. The normalized spacial score (nSPS) is 18.7. The Hall–Kier alpha value is -2.11. The molecule has 2 unspecified atom stereocenters. The van der Waals surface area contributed by atoms with Crippen LogP contribution in [0, 0.1) is 6.92 Å². The summed E-state index contributed by atoms with van der Waals surface area (Å²) in [5.74, 6) is 0.656. The predicted octanol–water partition coefficient (Wildman–Crippen LogP) is 2.98. The Bertz CT molecular complexity index is 739. The van der Waals surface area contributed by atoms with Gasteiger partial charge in [0.2, 0.25) is 0 Å². The number of nitrogens with zero attached hydrogens (tertiary/aromatic N) is 2. The first-order valence-electron chi connectivity index (χ1n) is 8.40. The first-order valence-corrected chi connectivity index (χ1v) is 8.78. The van der Waals surface area contributed by atoms with E-state index in [1.165, 1.54) is 0 Å². The van der Waals surface area contributed by atoms with Gasteiger partial charge in [0.05, 0.1) is 6.04 Å². The van der Waals surface area contributed by atoms with E-state index in [0.717, 1.165) is 17.7 Å².